The van der Waals surface area contributed by atoms with Gasteiger partial charge in [0.05, 0.1) is 18.0 Å². The second-order valence-corrected chi connectivity index (χ2v) is 12.6. The van der Waals surface area contributed by atoms with Crippen LogP contribution in [-0.4, -0.2) is 45.4 Å². The number of thiocarbonyl (C=S) groups is 2. The van der Waals surface area contributed by atoms with E-state index >= 15 is 0 Å². The van der Waals surface area contributed by atoms with E-state index in [2.05, 4.69) is 15.1 Å². The molecule has 0 saturated heterocycles. The molecule has 17 heteroatoms. The molecule has 55 heavy (non-hydrogen) atoms. The summed E-state index contributed by atoms with van der Waals surface area (Å²) in [7, 11) is 0. The highest BCUT2D eigenvalue weighted by Gasteiger charge is 2.21. The molecule has 0 aromatic heterocycles. The highest BCUT2D eigenvalue weighted by Crippen LogP contribution is 2.31. The average Bonchev–Trinajstić information content (AvgIpc) is 3.15. The zero-order chi connectivity index (χ0) is 39.9. The van der Waals surface area contributed by atoms with Crippen LogP contribution < -0.4 is 24.7 Å². The first kappa shape index (κ1) is 41.3. The van der Waals surface area contributed by atoms with Gasteiger partial charge in [-0.05, 0) is 86.0 Å². The zero-order valence-electron chi connectivity index (χ0n) is 29.6. The molecule has 0 aliphatic rings. The van der Waals surface area contributed by atoms with Crippen molar-refractivity contribution in [1.82, 2.24) is 0 Å². The molecule has 0 heterocycles. The second-order valence-electron chi connectivity index (χ2n) is 11.5. The highest BCUT2D eigenvalue weighted by atomic mass is 32.1. The van der Waals surface area contributed by atoms with Gasteiger partial charge in [-0.15, -0.1) is 10.1 Å². The molecular formula is C38H34N4O11S2. The lowest BCUT2D eigenvalue weighted by atomic mass is 10.1. The number of carbonyl (C=O) groups excluding carboxylic acids is 4. The Morgan fingerprint density at radius 2 is 1.15 bits per heavy atom. The summed E-state index contributed by atoms with van der Waals surface area (Å²) in [6, 6.07) is 20.8. The summed E-state index contributed by atoms with van der Waals surface area (Å²) in [4.78, 5) is 67.2. The van der Waals surface area contributed by atoms with E-state index in [1.807, 2.05) is 6.92 Å². The van der Waals surface area contributed by atoms with E-state index in [0.29, 0.717) is 16.8 Å². The van der Waals surface area contributed by atoms with E-state index in [0.717, 1.165) is 12.0 Å². The predicted octanol–water partition coefficient (Wildman–Crippen LogP) is 7.90. The normalized spacial score (nSPS) is 10.7. The van der Waals surface area contributed by atoms with Crippen molar-refractivity contribution in [2.24, 2.45) is 16.0 Å². The fourth-order valence-electron chi connectivity index (χ4n) is 4.56. The molecule has 0 atom stereocenters. The SMILES string of the molecule is CCCCC(=O)Oc1cc(N=Nc2ccc(C(=O)Oc3ccc(C(C)=S)cc3)c(OC(=O)CCCO[N+](=O)[O-])c2)ccc1C(=O)Oc1ccc(C(N)=S)cc1. The first-order valence-electron chi connectivity index (χ1n) is 16.7. The van der Waals surface area contributed by atoms with Gasteiger partial charge in [0.25, 0.3) is 5.09 Å². The maximum atomic E-state index is 13.2. The maximum Gasteiger partial charge on any atom is 0.347 e. The molecule has 4 aromatic rings. The van der Waals surface area contributed by atoms with Crippen molar-refractivity contribution in [3.63, 3.8) is 0 Å². The summed E-state index contributed by atoms with van der Waals surface area (Å²) in [5.41, 5.74) is 7.10. The molecule has 284 valence electrons. The summed E-state index contributed by atoms with van der Waals surface area (Å²) in [6.07, 6.45) is 1.11. The predicted molar refractivity (Wildman–Crippen MR) is 206 cm³/mol. The lowest BCUT2D eigenvalue weighted by molar-refractivity contribution is -0.757. The van der Waals surface area contributed by atoms with E-state index in [1.165, 1.54) is 48.5 Å². The Bertz CT molecular complexity index is 2120. The molecule has 0 aliphatic carbocycles. The number of unbranched alkanes of at least 4 members (excludes halogenated alkanes) is 1. The maximum absolute atomic E-state index is 13.2. The zero-order valence-corrected chi connectivity index (χ0v) is 31.2. The molecule has 2 N–H and O–H groups in total. The minimum atomic E-state index is -0.979. The second kappa shape index (κ2) is 20.1. The lowest BCUT2D eigenvalue weighted by Gasteiger charge is -2.12. The monoisotopic (exact) mass is 786 g/mol. The number of hydrogen-bond acceptors (Lipinski definition) is 15. The molecule has 0 fully saturated rings. The number of hydrogen-bond donors (Lipinski definition) is 1. The van der Waals surface area contributed by atoms with Crippen molar-refractivity contribution in [3.05, 3.63) is 117 Å². The van der Waals surface area contributed by atoms with Crippen molar-refractivity contribution in [1.29, 1.82) is 0 Å². The van der Waals surface area contributed by atoms with Crippen LogP contribution in [0.15, 0.2) is 95.2 Å². The van der Waals surface area contributed by atoms with Gasteiger partial charge in [0, 0.05) is 35.4 Å². The molecular weight excluding hydrogens is 753 g/mol. The topological polar surface area (TPSA) is 208 Å². The number of azo groups is 1. The van der Waals surface area contributed by atoms with Gasteiger partial charge in [0.1, 0.15) is 39.1 Å². The fourth-order valence-corrected chi connectivity index (χ4v) is 4.83. The van der Waals surface area contributed by atoms with E-state index < -0.39 is 29.0 Å². The van der Waals surface area contributed by atoms with E-state index in [-0.39, 0.29) is 76.4 Å². The van der Waals surface area contributed by atoms with Crippen molar-refractivity contribution >= 4 is 69.5 Å². The van der Waals surface area contributed by atoms with Gasteiger partial charge in [0.2, 0.25) is 0 Å². The van der Waals surface area contributed by atoms with Crippen LogP contribution in [0.5, 0.6) is 23.0 Å². The van der Waals surface area contributed by atoms with Gasteiger partial charge >= 0.3 is 23.9 Å². The minimum absolute atomic E-state index is 0.0330. The molecule has 0 bridgehead atoms. The molecule has 0 amide bonds. The van der Waals surface area contributed by atoms with Gasteiger partial charge in [0.15, 0.2) is 0 Å². The molecule has 4 rings (SSSR count). The lowest BCUT2D eigenvalue weighted by Crippen LogP contribution is -2.15. The third kappa shape index (κ3) is 12.9. The Labute approximate surface area is 325 Å². The van der Waals surface area contributed by atoms with Crippen LogP contribution in [0, 0.1) is 10.1 Å². The largest absolute Gasteiger partial charge is 0.426 e. The Morgan fingerprint density at radius 1 is 0.691 bits per heavy atom. The minimum Gasteiger partial charge on any atom is -0.426 e. The number of nitrogens with zero attached hydrogens (tertiary/aromatic N) is 3. The first-order valence-corrected chi connectivity index (χ1v) is 17.5. The molecule has 0 radical (unpaired) electrons. The first-order chi connectivity index (χ1) is 26.3. The summed E-state index contributed by atoms with van der Waals surface area (Å²) in [5.74, 6) is -3.00. The molecule has 0 aliphatic heterocycles. The Morgan fingerprint density at radius 3 is 1.56 bits per heavy atom. The van der Waals surface area contributed by atoms with Gasteiger partial charge in [-0.2, -0.15) is 10.2 Å². The smallest absolute Gasteiger partial charge is 0.347 e. The van der Waals surface area contributed by atoms with Gasteiger partial charge in [-0.1, -0.05) is 49.9 Å². The highest BCUT2D eigenvalue weighted by molar-refractivity contribution is 7.81. The quantitative estimate of drug-likeness (QED) is 0.0149. The molecule has 0 spiro atoms. The van der Waals surface area contributed by atoms with Crippen LogP contribution in [0.1, 0.15) is 77.8 Å². The summed E-state index contributed by atoms with van der Waals surface area (Å²) >= 11 is 10.1. The molecule has 0 saturated carbocycles. The third-order valence-corrected chi connectivity index (χ3v) is 7.85. The Balaban J connectivity index is 1.60. The van der Waals surface area contributed by atoms with E-state index in [1.54, 1.807) is 43.3 Å². The van der Waals surface area contributed by atoms with E-state index in [4.69, 9.17) is 49.1 Å². The van der Waals surface area contributed by atoms with Crippen molar-refractivity contribution in [2.75, 3.05) is 6.61 Å². The van der Waals surface area contributed by atoms with Crippen molar-refractivity contribution in [2.45, 2.75) is 46.0 Å². The van der Waals surface area contributed by atoms with Crippen molar-refractivity contribution < 1.29 is 48.0 Å². The number of carbonyl (C=O) groups is 4. The van der Waals surface area contributed by atoms with Crippen LogP contribution >= 0.6 is 24.4 Å². The van der Waals surface area contributed by atoms with Crippen molar-refractivity contribution in [3.8, 4) is 23.0 Å². The summed E-state index contributed by atoms with van der Waals surface area (Å²) in [5, 5.41) is 17.8. The Hall–Kier alpha value is -6.46. The van der Waals surface area contributed by atoms with Crippen LogP contribution in [0.2, 0.25) is 0 Å². The van der Waals surface area contributed by atoms with Crippen LogP contribution in [0.3, 0.4) is 0 Å². The van der Waals surface area contributed by atoms with Crippen LogP contribution in [-0.2, 0) is 14.4 Å². The summed E-state index contributed by atoms with van der Waals surface area (Å²) in [6.45, 7) is 3.33. The van der Waals surface area contributed by atoms with E-state index in [9.17, 15) is 29.3 Å². The number of nitrogens with two attached hydrogens (primary N) is 1. The third-order valence-electron chi connectivity index (χ3n) is 7.38. The molecule has 15 nitrogen and oxygen atoms in total. The van der Waals surface area contributed by atoms with Gasteiger partial charge in [-0.3, -0.25) is 9.59 Å². The van der Waals surface area contributed by atoms with Gasteiger partial charge < -0.3 is 29.5 Å². The van der Waals surface area contributed by atoms with Crippen LogP contribution in [0.25, 0.3) is 0 Å². The molecule has 0 unspecified atom stereocenters. The number of benzene rings is 4. The number of rotatable bonds is 18. The fraction of sp³-hybridized carbons (Fsp3) is 0.211. The number of ether oxygens (including phenoxy) is 4. The van der Waals surface area contributed by atoms with Crippen LogP contribution in [0.4, 0.5) is 11.4 Å². The van der Waals surface area contributed by atoms with Gasteiger partial charge in [-0.25, -0.2) is 9.59 Å². The summed E-state index contributed by atoms with van der Waals surface area (Å²) < 4.78 is 22.0. The Kier molecular flexibility index (Phi) is 15.1. The average molecular weight is 787 g/mol. The standard InChI is InChI=1S/C38H34N4O11S2/c1-3-4-6-34(43)52-32-21-26(12-18-30(32)38(46)51-29-16-10-25(11-17-29)36(39)55)40-41-27-13-19-31(33(22-27)53-35(44)7-5-20-49-42(47)48)37(45)50-28-14-8-24(9-15-28)23(2)54/h8-19,21-22H,3-7,20H2,1-2H3,(H2,39,55). The molecule has 4 aromatic carbocycles. The number of esters is 4.